The first-order valence-corrected chi connectivity index (χ1v) is 4.98. The Kier molecular flexibility index (Phi) is 1.51. The van der Waals surface area contributed by atoms with Crippen LogP contribution in [0.4, 0.5) is 5.69 Å². The molecule has 0 bridgehead atoms. The molecule has 0 spiro atoms. The van der Waals surface area contributed by atoms with Gasteiger partial charge in [0, 0.05) is 17.8 Å². The lowest BCUT2D eigenvalue weighted by Crippen LogP contribution is -1.96. The quantitative estimate of drug-likeness (QED) is 0.681. The van der Waals surface area contributed by atoms with Gasteiger partial charge < -0.3 is 5.32 Å². The highest BCUT2D eigenvalue weighted by atomic mass is 14.9. The molecule has 0 radical (unpaired) electrons. The summed E-state index contributed by atoms with van der Waals surface area (Å²) in [4.78, 5) is 4.42. The van der Waals surface area contributed by atoms with Gasteiger partial charge in [0.15, 0.2) is 0 Å². The fourth-order valence-electron chi connectivity index (χ4n) is 2.20. The van der Waals surface area contributed by atoms with E-state index in [1.54, 1.807) is 0 Å². The fourth-order valence-corrected chi connectivity index (χ4v) is 2.20. The van der Waals surface area contributed by atoms with E-state index in [2.05, 4.69) is 35.4 Å². The zero-order chi connectivity index (χ0) is 9.54. The highest BCUT2D eigenvalue weighted by Crippen LogP contribution is 2.35. The van der Waals surface area contributed by atoms with Crippen molar-refractivity contribution in [3.8, 4) is 0 Å². The molecule has 0 saturated heterocycles. The Hall–Kier alpha value is -1.57. The van der Waals surface area contributed by atoms with Gasteiger partial charge in [0.2, 0.25) is 0 Å². The number of pyridine rings is 1. The van der Waals surface area contributed by atoms with E-state index in [9.17, 15) is 0 Å². The van der Waals surface area contributed by atoms with Crippen molar-refractivity contribution >= 4 is 16.6 Å². The van der Waals surface area contributed by atoms with Gasteiger partial charge in [-0.25, -0.2) is 0 Å². The maximum atomic E-state index is 4.42. The van der Waals surface area contributed by atoms with Gasteiger partial charge in [-0.2, -0.15) is 0 Å². The van der Waals surface area contributed by atoms with Crippen molar-refractivity contribution < 1.29 is 0 Å². The zero-order valence-corrected chi connectivity index (χ0v) is 8.12. The minimum absolute atomic E-state index is 0.595. The molecule has 1 atom stereocenters. The average molecular weight is 184 g/mol. The molecule has 1 unspecified atom stereocenters. The SMILES string of the molecule is CC1CNc2cnc3ccccc3c21. The lowest BCUT2D eigenvalue weighted by molar-refractivity contribution is 0.860. The normalized spacial score (nSPS) is 19.4. The van der Waals surface area contributed by atoms with E-state index in [0.717, 1.165) is 12.1 Å². The van der Waals surface area contributed by atoms with E-state index in [1.165, 1.54) is 16.6 Å². The van der Waals surface area contributed by atoms with Crippen molar-refractivity contribution in [3.05, 3.63) is 36.0 Å². The van der Waals surface area contributed by atoms with E-state index in [0.29, 0.717) is 5.92 Å². The molecule has 1 aliphatic rings. The molecular weight excluding hydrogens is 172 g/mol. The standard InChI is InChI=1S/C12H12N2/c1-8-6-13-11-7-14-10-5-3-2-4-9(10)12(8)11/h2-5,7-8,13H,6H2,1H3. The second-order valence-corrected chi connectivity index (χ2v) is 3.88. The van der Waals surface area contributed by atoms with Crippen LogP contribution in [0.15, 0.2) is 30.5 Å². The molecule has 0 saturated carbocycles. The Labute approximate surface area is 83.0 Å². The Balaban J connectivity index is 2.41. The van der Waals surface area contributed by atoms with Crippen LogP contribution >= 0.6 is 0 Å². The summed E-state index contributed by atoms with van der Waals surface area (Å²) in [7, 11) is 0. The van der Waals surface area contributed by atoms with Crippen molar-refractivity contribution in [2.24, 2.45) is 0 Å². The maximum absolute atomic E-state index is 4.42. The molecule has 14 heavy (non-hydrogen) atoms. The number of anilines is 1. The molecule has 1 N–H and O–H groups in total. The molecule has 1 aromatic carbocycles. The first-order chi connectivity index (χ1) is 6.86. The molecule has 0 amide bonds. The number of nitrogens with one attached hydrogen (secondary N) is 1. The van der Waals surface area contributed by atoms with Gasteiger partial charge in [-0.05, 0) is 11.6 Å². The van der Waals surface area contributed by atoms with Gasteiger partial charge in [-0.15, -0.1) is 0 Å². The number of hydrogen-bond donors (Lipinski definition) is 1. The minimum Gasteiger partial charge on any atom is -0.383 e. The molecule has 1 aliphatic heterocycles. The molecule has 0 aliphatic carbocycles. The van der Waals surface area contributed by atoms with E-state index >= 15 is 0 Å². The van der Waals surface area contributed by atoms with Crippen molar-refractivity contribution in [1.82, 2.24) is 4.98 Å². The topological polar surface area (TPSA) is 24.9 Å². The van der Waals surface area contributed by atoms with Crippen molar-refractivity contribution in [1.29, 1.82) is 0 Å². The van der Waals surface area contributed by atoms with Crippen LogP contribution in [0.25, 0.3) is 10.9 Å². The summed E-state index contributed by atoms with van der Waals surface area (Å²) in [5.74, 6) is 0.595. The molecular formula is C12H12N2. The van der Waals surface area contributed by atoms with Crippen LogP contribution in [0.1, 0.15) is 18.4 Å². The summed E-state index contributed by atoms with van der Waals surface area (Å²) >= 11 is 0. The largest absolute Gasteiger partial charge is 0.383 e. The summed E-state index contributed by atoms with van der Waals surface area (Å²) in [5, 5.41) is 4.67. The number of aromatic nitrogens is 1. The summed E-state index contributed by atoms with van der Waals surface area (Å²) < 4.78 is 0. The predicted molar refractivity (Wildman–Crippen MR) is 58.6 cm³/mol. The van der Waals surface area contributed by atoms with Gasteiger partial charge >= 0.3 is 0 Å². The summed E-state index contributed by atoms with van der Waals surface area (Å²) in [6, 6.07) is 8.34. The molecule has 3 rings (SSSR count). The maximum Gasteiger partial charge on any atom is 0.0706 e. The predicted octanol–water partition coefficient (Wildman–Crippen LogP) is 2.76. The third-order valence-corrected chi connectivity index (χ3v) is 2.91. The highest BCUT2D eigenvalue weighted by Gasteiger charge is 2.20. The number of fused-ring (bicyclic) bond motifs is 3. The Bertz CT molecular complexity index is 491. The van der Waals surface area contributed by atoms with Crippen molar-refractivity contribution in [2.45, 2.75) is 12.8 Å². The Morgan fingerprint density at radius 3 is 3.14 bits per heavy atom. The van der Waals surface area contributed by atoms with Crippen molar-refractivity contribution in [3.63, 3.8) is 0 Å². The number of hydrogen-bond acceptors (Lipinski definition) is 2. The van der Waals surface area contributed by atoms with Gasteiger partial charge in [0.05, 0.1) is 17.4 Å². The number of benzene rings is 1. The van der Waals surface area contributed by atoms with Gasteiger partial charge in [-0.3, -0.25) is 4.98 Å². The summed E-state index contributed by atoms with van der Waals surface area (Å²) in [6.07, 6.45) is 1.95. The summed E-state index contributed by atoms with van der Waals surface area (Å²) in [5.41, 5.74) is 3.73. The summed E-state index contributed by atoms with van der Waals surface area (Å²) in [6.45, 7) is 3.29. The first kappa shape index (κ1) is 7.80. The number of rotatable bonds is 0. The van der Waals surface area contributed by atoms with Crippen LogP contribution in [0.2, 0.25) is 0 Å². The molecule has 0 fully saturated rings. The monoisotopic (exact) mass is 184 g/mol. The minimum atomic E-state index is 0.595. The third-order valence-electron chi connectivity index (χ3n) is 2.91. The van der Waals surface area contributed by atoms with Crippen LogP contribution < -0.4 is 5.32 Å². The highest BCUT2D eigenvalue weighted by molar-refractivity contribution is 5.88. The molecule has 70 valence electrons. The third kappa shape index (κ3) is 0.939. The van der Waals surface area contributed by atoms with E-state index in [1.807, 2.05) is 12.3 Å². The van der Waals surface area contributed by atoms with E-state index in [-0.39, 0.29) is 0 Å². The zero-order valence-electron chi connectivity index (χ0n) is 8.12. The van der Waals surface area contributed by atoms with Crippen LogP contribution in [-0.2, 0) is 0 Å². The number of nitrogens with zero attached hydrogens (tertiary/aromatic N) is 1. The molecule has 2 nitrogen and oxygen atoms in total. The molecule has 2 heteroatoms. The molecule has 2 aromatic rings. The van der Waals surface area contributed by atoms with Crippen molar-refractivity contribution in [2.75, 3.05) is 11.9 Å². The van der Waals surface area contributed by atoms with Crippen LogP contribution in [0, 0.1) is 0 Å². The van der Waals surface area contributed by atoms with Gasteiger partial charge in [0.1, 0.15) is 0 Å². The van der Waals surface area contributed by atoms with E-state index < -0.39 is 0 Å². The van der Waals surface area contributed by atoms with Crippen LogP contribution in [0.5, 0.6) is 0 Å². The van der Waals surface area contributed by atoms with Gasteiger partial charge in [-0.1, -0.05) is 25.1 Å². The van der Waals surface area contributed by atoms with Crippen LogP contribution in [-0.4, -0.2) is 11.5 Å². The fraction of sp³-hybridized carbons (Fsp3) is 0.250. The molecule has 1 aromatic heterocycles. The van der Waals surface area contributed by atoms with E-state index in [4.69, 9.17) is 0 Å². The second-order valence-electron chi connectivity index (χ2n) is 3.88. The average Bonchev–Trinajstić information content (AvgIpc) is 2.61. The molecule has 2 heterocycles. The second kappa shape index (κ2) is 2.71. The lowest BCUT2D eigenvalue weighted by Gasteiger charge is -2.06. The first-order valence-electron chi connectivity index (χ1n) is 4.98. The number of para-hydroxylation sites is 1. The Morgan fingerprint density at radius 2 is 2.21 bits per heavy atom. The van der Waals surface area contributed by atoms with Crippen LogP contribution in [0.3, 0.4) is 0 Å². The van der Waals surface area contributed by atoms with Gasteiger partial charge in [0.25, 0.3) is 0 Å². The smallest absolute Gasteiger partial charge is 0.0706 e. The lowest BCUT2D eigenvalue weighted by atomic mass is 9.99. The Morgan fingerprint density at radius 1 is 1.36 bits per heavy atom.